The molecule has 1 aromatic carbocycles. The smallest absolute Gasteiger partial charge is 0.232 e. The van der Waals surface area contributed by atoms with Crippen LogP contribution in [0.5, 0.6) is 0 Å². The van der Waals surface area contributed by atoms with Gasteiger partial charge in [-0.2, -0.15) is 0 Å². The predicted molar refractivity (Wildman–Crippen MR) is 90.0 cm³/mol. The lowest BCUT2D eigenvalue weighted by molar-refractivity contribution is -0.138. The van der Waals surface area contributed by atoms with Crippen LogP contribution in [0.25, 0.3) is 0 Å². The third-order valence-corrected chi connectivity index (χ3v) is 5.60. The molecule has 1 saturated heterocycles. The maximum atomic E-state index is 13.2. The van der Waals surface area contributed by atoms with Crippen LogP contribution in [-0.2, 0) is 16.6 Å². The second-order valence-electron chi connectivity index (χ2n) is 7.14. The number of carbonyl (C=O) groups excluding carboxylic acids is 1. The number of nitrogens with one attached hydrogen (secondary N) is 1. The van der Waals surface area contributed by atoms with E-state index < -0.39 is 0 Å². The molecule has 3 rings (SSSR count). The Labute approximate surface area is 134 Å². The van der Waals surface area contributed by atoms with Gasteiger partial charge in [0.2, 0.25) is 5.91 Å². The van der Waals surface area contributed by atoms with Gasteiger partial charge in [0.05, 0.1) is 5.41 Å². The van der Waals surface area contributed by atoms with Crippen LogP contribution in [0.15, 0.2) is 24.3 Å². The third kappa shape index (κ3) is 2.79. The van der Waals surface area contributed by atoms with Gasteiger partial charge in [0.1, 0.15) is 0 Å². The zero-order chi connectivity index (χ0) is 15.6. The average molecular weight is 300 g/mol. The van der Waals surface area contributed by atoms with Gasteiger partial charge < -0.3 is 10.2 Å². The number of rotatable bonds is 3. The maximum absolute atomic E-state index is 13.2. The van der Waals surface area contributed by atoms with Gasteiger partial charge in [-0.1, -0.05) is 24.3 Å². The average Bonchev–Trinajstić information content (AvgIpc) is 2.56. The number of benzene rings is 1. The lowest BCUT2D eigenvalue weighted by atomic mass is 9.70. The summed E-state index contributed by atoms with van der Waals surface area (Å²) in [7, 11) is 2.01. The maximum Gasteiger partial charge on any atom is 0.232 e. The Kier molecular flexibility index (Phi) is 4.53. The van der Waals surface area contributed by atoms with Crippen LogP contribution in [0.2, 0.25) is 0 Å². The lowest BCUT2D eigenvalue weighted by Gasteiger charge is -2.41. The molecule has 1 atom stereocenters. The van der Waals surface area contributed by atoms with Gasteiger partial charge in [-0.05, 0) is 69.7 Å². The van der Waals surface area contributed by atoms with Crippen molar-refractivity contribution in [1.82, 2.24) is 10.2 Å². The number of amides is 1. The lowest BCUT2D eigenvalue weighted by Crippen LogP contribution is -2.50. The van der Waals surface area contributed by atoms with Gasteiger partial charge in [-0.15, -0.1) is 0 Å². The first-order valence-electron chi connectivity index (χ1n) is 8.67. The highest BCUT2D eigenvalue weighted by molar-refractivity contribution is 5.88. The first-order valence-corrected chi connectivity index (χ1v) is 8.67. The van der Waals surface area contributed by atoms with E-state index in [2.05, 4.69) is 41.4 Å². The molecule has 0 radical (unpaired) electrons. The molecule has 0 saturated carbocycles. The van der Waals surface area contributed by atoms with Crippen molar-refractivity contribution in [2.24, 2.45) is 5.92 Å². The van der Waals surface area contributed by atoms with Crippen LogP contribution in [0.3, 0.4) is 0 Å². The van der Waals surface area contributed by atoms with Crippen LogP contribution < -0.4 is 5.32 Å². The van der Waals surface area contributed by atoms with Crippen molar-refractivity contribution in [3.05, 3.63) is 35.4 Å². The molecule has 1 heterocycles. The standard InChI is InChI=1S/C19H28N2O/c1-19(11-5-7-16-6-3-4-8-17(16)19)18(22)21-12-9-15(10-13-21)14-20-2/h3-4,6,8,15,20H,5,7,9-14H2,1-2H3. The van der Waals surface area contributed by atoms with Crippen LogP contribution in [0, 0.1) is 5.92 Å². The number of nitrogens with zero attached hydrogens (tertiary/aromatic N) is 1. The van der Waals surface area contributed by atoms with Crippen molar-refractivity contribution >= 4 is 5.91 Å². The summed E-state index contributed by atoms with van der Waals surface area (Å²) in [5.74, 6) is 1.07. The zero-order valence-corrected chi connectivity index (χ0v) is 13.9. The molecule has 1 aromatic rings. The van der Waals surface area contributed by atoms with E-state index in [-0.39, 0.29) is 5.41 Å². The highest BCUT2D eigenvalue weighted by Gasteiger charge is 2.41. The summed E-state index contributed by atoms with van der Waals surface area (Å²) in [5.41, 5.74) is 2.32. The molecule has 0 bridgehead atoms. The van der Waals surface area contributed by atoms with Crippen LogP contribution in [-0.4, -0.2) is 37.5 Å². The normalized spacial score (nSPS) is 25.8. The van der Waals surface area contributed by atoms with E-state index in [9.17, 15) is 4.79 Å². The van der Waals surface area contributed by atoms with Gasteiger partial charge in [0, 0.05) is 13.1 Å². The number of aryl methyl sites for hydroxylation is 1. The summed E-state index contributed by atoms with van der Waals surface area (Å²) in [6, 6.07) is 8.53. The van der Waals surface area contributed by atoms with E-state index >= 15 is 0 Å². The van der Waals surface area contributed by atoms with E-state index in [1.807, 2.05) is 7.05 Å². The first-order chi connectivity index (χ1) is 10.6. The fourth-order valence-corrected chi connectivity index (χ4v) is 4.24. The van der Waals surface area contributed by atoms with Crippen LogP contribution >= 0.6 is 0 Å². The van der Waals surface area contributed by atoms with E-state index in [1.165, 1.54) is 11.1 Å². The molecule has 1 unspecified atom stereocenters. The van der Waals surface area contributed by atoms with Gasteiger partial charge >= 0.3 is 0 Å². The molecule has 1 fully saturated rings. The summed E-state index contributed by atoms with van der Waals surface area (Å²) < 4.78 is 0. The molecule has 1 aliphatic heterocycles. The summed E-state index contributed by atoms with van der Waals surface area (Å²) in [6.07, 6.45) is 5.48. The monoisotopic (exact) mass is 300 g/mol. The molecular weight excluding hydrogens is 272 g/mol. The molecule has 0 spiro atoms. The van der Waals surface area contributed by atoms with Gasteiger partial charge in [-0.25, -0.2) is 0 Å². The van der Waals surface area contributed by atoms with Crippen molar-refractivity contribution in [2.75, 3.05) is 26.7 Å². The second-order valence-corrected chi connectivity index (χ2v) is 7.14. The highest BCUT2D eigenvalue weighted by atomic mass is 16.2. The van der Waals surface area contributed by atoms with Crippen molar-refractivity contribution < 1.29 is 4.79 Å². The number of likely N-dealkylation sites (tertiary alicyclic amines) is 1. The molecule has 3 nitrogen and oxygen atoms in total. The van der Waals surface area contributed by atoms with E-state index in [0.29, 0.717) is 5.91 Å². The molecule has 22 heavy (non-hydrogen) atoms. The quantitative estimate of drug-likeness (QED) is 0.931. The van der Waals surface area contributed by atoms with Gasteiger partial charge in [0.25, 0.3) is 0 Å². The largest absolute Gasteiger partial charge is 0.342 e. The first kappa shape index (κ1) is 15.5. The zero-order valence-electron chi connectivity index (χ0n) is 13.9. The Bertz CT molecular complexity index is 534. The molecule has 2 aliphatic rings. The van der Waals surface area contributed by atoms with Crippen molar-refractivity contribution in [1.29, 1.82) is 0 Å². The molecule has 3 heteroatoms. The minimum Gasteiger partial charge on any atom is -0.342 e. The predicted octanol–water partition coefficient (Wildman–Crippen LogP) is 2.74. The van der Waals surface area contributed by atoms with E-state index in [0.717, 1.165) is 57.7 Å². The van der Waals surface area contributed by atoms with Gasteiger partial charge in [0.15, 0.2) is 0 Å². The topological polar surface area (TPSA) is 32.3 Å². The number of fused-ring (bicyclic) bond motifs is 1. The second kappa shape index (κ2) is 6.41. The SMILES string of the molecule is CNCC1CCN(C(=O)C2(C)CCCc3ccccc32)CC1. The summed E-state index contributed by atoms with van der Waals surface area (Å²) in [6.45, 7) is 5.07. The Morgan fingerprint density at radius 1 is 1.32 bits per heavy atom. The Balaban J connectivity index is 1.75. The Hall–Kier alpha value is -1.35. The van der Waals surface area contributed by atoms with Crippen molar-refractivity contribution in [3.63, 3.8) is 0 Å². The van der Waals surface area contributed by atoms with E-state index in [1.54, 1.807) is 0 Å². The minimum absolute atomic E-state index is 0.315. The number of hydrogen-bond acceptors (Lipinski definition) is 2. The minimum atomic E-state index is -0.315. The Morgan fingerprint density at radius 2 is 2.05 bits per heavy atom. The summed E-state index contributed by atoms with van der Waals surface area (Å²) >= 11 is 0. The van der Waals surface area contributed by atoms with Crippen molar-refractivity contribution in [3.8, 4) is 0 Å². The van der Waals surface area contributed by atoms with Crippen molar-refractivity contribution in [2.45, 2.75) is 44.4 Å². The summed E-state index contributed by atoms with van der Waals surface area (Å²) in [5, 5.41) is 3.26. The molecule has 120 valence electrons. The van der Waals surface area contributed by atoms with Crippen LogP contribution in [0.4, 0.5) is 0 Å². The number of carbonyl (C=O) groups is 1. The highest BCUT2D eigenvalue weighted by Crippen LogP contribution is 2.39. The molecular formula is C19H28N2O. The third-order valence-electron chi connectivity index (χ3n) is 5.60. The number of hydrogen-bond donors (Lipinski definition) is 1. The fraction of sp³-hybridized carbons (Fsp3) is 0.632. The molecule has 0 aromatic heterocycles. The van der Waals surface area contributed by atoms with Crippen LogP contribution in [0.1, 0.15) is 43.7 Å². The Morgan fingerprint density at radius 3 is 2.77 bits per heavy atom. The molecule has 1 aliphatic carbocycles. The van der Waals surface area contributed by atoms with Gasteiger partial charge in [-0.3, -0.25) is 4.79 Å². The fourth-order valence-electron chi connectivity index (χ4n) is 4.24. The number of piperidine rings is 1. The molecule has 1 amide bonds. The van der Waals surface area contributed by atoms with E-state index in [4.69, 9.17) is 0 Å². The molecule has 1 N–H and O–H groups in total. The summed E-state index contributed by atoms with van der Waals surface area (Å²) in [4.78, 5) is 15.3.